The number of thiocarbonyl (C=S) groups is 1. The Morgan fingerprint density at radius 1 is 1.34 bits per heavy atom. The molecule has 7 nitrogen and oxygen atoms in total. The Kier molecular flexibility index (Phi) is 9.17. The molecule has 1 aliphatic heterocycles. The molecule has 1 amide bonds. The number of ketones is 1. The van der Waals surface area contributed by atoms with Crippen LogP contribution in [0.1, 0.15) is 31.2 Å². The zero-order valence-electron chi connectivity index (χ0n) is 16.2. The zero-order valence-corrected chi connectivity index (χ0v) is 17.0. The fourth-order valence-corrected chi connectivity index (χ4v) is 3.24. The van der Waals surface area contributed by atoms with Gasteiger partial charge in [-0.1, -0.05) is 12.2 Å². The Labute approximate surface area is 174 Å². The van der Waals surface area contributed by atoms with E-state index in [1.54, 1.807) is 4.90 Å². The number of nitrogens with zero attached hydrogens (tertiary/aromatic N) is 1. The number of nitrogens with two attached hydrogens (primary N) is 1. The van der Waals surface area contributed by atoms with Gasteiger partial charge in [0.2, 0.25) is 5.91 Å². The molecule has 0 radical (unpaired) electrons. The van der Waals surface area contributed by atoms with Crippen LogP contribution >= 0.6 is 12.2 Å². The summed E-state index contributed by atoms with van der Waals surface area (Å²) in [7, 11) is 0. The van der Waals surface area contributed by atoms with Crippen molar-refractivity contribution in [2.24, 2.45) is 5.73 Å². The van der Waals surface area contributed by atoms with Crippen molar-refractivity contribution >= 4 is 34.6 Å². The molecule has 0 aliphatic carbocycles. The highest BCUT2D eigenvalue weighted by atomic mass is 32.1. The largest absolute Gasteiger partial charge is 0.490 e. The van der Waals surface area contributed by atoms with Gasteiger partial charge in [0.25, 0.3) is 0 Å². The maximum atomic E-state index is 13.8. The number of aliphatic hydroxyl groups excluding tert-OH is 1. The van der Waals surface area contributed by atoms with Crippen LogP contribution < -0.4 is 15.8 Å². The number of ether oxygens (including phenoxy) is 1. The van der Waals surface area contributed by atoms with E-state index in [1.165, 1.54) is 24.3 Å². The van der Waals surface area contributed by atoms with E-state index in [2.05, 4.69) is 5.32 Å². The monoisotopic (exact) mass is 423 g/mol. The molecule has 0 bridgehead atoms. The predicted molar refractivity (Wildman–Crippen MR) is 112 cm³/mol. The lowest BCUT2D eigenvalue weighted by molar-refractivity contribution is -0.121. The van der Waals surface area contributed by atoms with Crippen molar-refractivity contribution in [3.05, 3.63) is 35.7 Å². The zero-order chi connectivity index (χ0) is 21.2. The highest BCUT2D eigenvalue weighted by molar-refractivity contribution is 7.80. The molecule has 4 N–H and O–H groups in total. The van der Waals surface area contributed by atoms with Crippen LogP contribution in [0.3, 0.4) is 0 Å². The quantitative estimate of drug-likeness (QED) is 0.543. The van der Waals surface area contributed by atoms with E-state index in [1.807, 2.05) is 0 Å². The minimum atomic E-state index is -0.522. The number of hydrogen-bond donors (Lipinski definition) is 3. The van der Waals surface area contributed by atoms with Crippen molar-refractivity contribution in [3.63, 3.8) is 0 Å². The number of carbonyl (C=O) groups excluding carboxylic acids is 2. The third-order valence-electron chi connectivity index (χ3n) is 4.29. The number of nitrogens with one attached hydrogen (secondary N) is 1. The molecule has 2 rings (SSSR count). The van der Waals surface area contributed by atoms with Gasteiger partial charge in [-0.3, -0.25) is 9.59 Å². The number of carbonyl (C=O) groups is 2. The SMILES string of the molecule is NCCNC(=O)CN1C(=S)CCCCC(=O)C=C1c1ccc(F)cc1OCCO. The maximum Gasteiger partial charge on any atom is 0.240 e. The van der Waals surface area contributed by atoms with E-state index in [4.69, 9.17) is 27.8 Å². The van der Waals surface area contributed by atoms with Crippen molar-refractivity contribution in [1.29, 1.82) is 0 Å². The van der Waals surface area contributed by atoms with Gasteiger partial charge in [0.1, 0.15) is 24.7 Å². The van der Waals surface area contributed by atoms with Crippen molar-refractivity contribution in [2.45, 2.75) is 25.7 Å². The van der Waals surface area contributed by atoms with E-state index in [0.717, 1.165) is 6.42 Å². The molecule has 0 atom stereocenters. The highest BCUT2D eigenvalue weighted by Crippen LogP contribution is 2.31. The summed E-state index contributed by atoms with van der Waals surface area (Å²) in [6, 6.07) is 3.90. The first-order valence-corrected chi connectivity index (χ1v) is 9.92. The summed E-state index contributed by atoms with van der Waals surface area (Å²) in [6.45, 7) is 0.221. The molecule has 1 aliphatic rings. The first-order chi connectivity index (χ1) is 14.0. The summed E-state index contributed by atoms with van der Waals surface area (Å²) in [4.78, 5) is 26.9. The topological polar surface area (TPSA) is 105 Å². The molecule has 1 aromatic rings. The van der Waals surface area contributed by atoms with E-state index in [-0.39, 0.29) is 37.2 Å². The van der Waals surface area contributed by atoms with Gasteiger partial charge in [-0.05, 0) is 31.4 Å². The van der Waals surface area contributed by atoms with Gasteiger partial charge in [0.05, 0.1) is 17.3 Å². The van der Waals surface area contributed by atoms with Crippen LogP contribution in [0, 0.1) is 5.82 Å². The molecular weight excluding hydrogens is 397 g/mol. The van der Waals surface area contributed by atoms with E-state index < -0.39 is 5.82 Å². The lowest BCUT2D eigenvalue weighted by Gasteiger charge is -2.28. The number of rotatable bonds is 8. The number of halogens is 1. The van der Waals surface area contributed by atoms with E-state index in [9.17, 15) is 14.0 Å². The van der Waals surface area contributed by atoms with Gasteiger partial charge in [-0.15, -0.1) is 0 Å². The average molecular weight is 424 g/mol. The van der Waals surface area contributed by atoms with Crippen LogP contribution in [0.25, 0.3) is 5.70 Å². The molecule has 29 heavy (non-hydrogen) atoms. The summed E-state index contributed by atoms with van der Waals surface area (Å²) in [5.41, 5.74) is 6.23. The third kappa shape index (κ3) is 6.88. The number of benzene rings is 1. The van der Waals surface area contributed by atoms with Crippen molar-refractivity contribution in [1.82, 2.24) is 10.2 Å². The van der Waals surface area contributed by atoms with Crippen LogP contribution in [0.4, 0.5) is 4.39 Å². The average Bonchev–Trinajstić information content (AvgIpc) is 2.76. The van der Waals surface area contributed by atoms with Gasteiger partial charge in [-0.25, -0.2) is 4.39 Å². The van der Waals surface area contributed by atoms with Gasteiger partial charge >= 0.3 is 0 Å². The van der Waals surface area contributed by atoms with Gasteiger partial charge in [0.15, 0.2) is 5.78 Å². The normalized spacial score (nSPS) is 15.3. The van der Waals surface area contributed by atoms with Gasteiger partial charge in [0, 0.05) is 37.2 Å². The minimum absolute atomic E-state index is 0.0425. The molecule has 1 heterocycles. The van der Waals surface area contributed by atoms with Gasteiger partial charge < -0.3 is 25.8 Å². The Balaban J connectivity index is 2.50. The Hall–Kier alpha value is -2.36. The molecule has 0 saturated heterocycles. The standard InChI is InChI=1S/C20H26FN3O4S/c21-14-5-6-16(18(11-14)28-10-9-25)17-12-15(26)3-1-2-4-20(29)24(17)13-19(27)23-8-7-22/h5-6,11-12,25H,1-4,7-10,13,22H2,(H,23,27). The summed E-state index contributed by atoms with van der Waals surface area (Å²) < 4.78 is 19.3. The Morgan fingerprint density at radius 2 is 2.10 bits per heavy atom. The van der Waals surface area contributed by atoms with E-state index >= 15 is 0 Å². The highest BCUT2D eigenvalue weighted by Gasteiger charge is 2.24. The minimum Gasteiger partial charge on any atom is -0.490 e. The fraction of sp³-hybridized carbons (Fsp3) is 0.450. The summed E-state index contributed by atoms with van der Waals surface area (Å²) in [5.74, 6) is -0.774. The fourth-order valence-electron chi connectivity index (χ4n) is 2.94. The molecular formula is C20H26FN3O4S. The summed E-state index contributed by atoms with van der Waals surface area (Å²) in [5, 5.41) is 11.8. The molecule has 0 unspecified atom stereocenters. The summed E-state index contributed by atoms with van der Waals surface area (Å²) in [6.07, 6.45) is 3.73. The first-order valence-electron chi connectivity index (χ1n) is 9.51. The number of hydrogen-bond acceptors (Lipinski definition) is 6. The first kappa shape index (κ1) is 22.9. The lowest BCUT2D eigenvalue weighted by Crippen LogP contribution is -2.40. The van der Waals surface area contributed by atoms with Crippen LogP contribution in [-0.2, 0) is 9.59 Å². The predicted octanol–water partition coefficient (Wildman–Crippen LogP) is 1.39. The number of allylic oxidation sites excluding steroid dienone is 1. The molecule has 0 saturated carbocycles. The van der Waals surface area contributed by atoms with Crippen molar-refractivity contribution in [2.75, 3.05) is 32.8 Å². The molecule has 0 aromatic heterocycles. The third-order valence-corrected chi connectivity index (χ3v) is 4.71. The van der Waals surface area contributed by atoms with Crippen molar-refractivity contribution < 1.29 is 23.8 Å². The lowest BCUT2D eigenvalue weighted by atomic mass is 10.1. The molecule has 158 valence electrons. The summed E-state index contributed by atoms with van der Waals surface area (Å²) >= 11 is 5.55. The molecule has 9 heteroatoms. The van der Waals surface area contributed by atoms with E-state index in [0.29, 0.717) is 48.6 Å². The Bertz CT molecular complexity index is 785. The molecule has 1 aromatic carbocycles. The van der Waals surface area contributed by atoms with Crippen LogP contribution in [0.2, 0.25) is 0 Å². The second-order valence-corrected chi connectivity index (χ2v) is 7.01. The van der Waals surface area contributed by atoms with Gasteiger partial charge in [-0.2, -0.15) is 0 Å². The Morgan fingerprint density at radius 3 is 2.83 bits per heavy atom. The number of amides is 1. The molecule has 0 fully saturated rings. The maximum absolute atomic E-state index is 13.8. The molecule has 0 spiro atoms. The smallest absolute Gasteiger partial charge is 0.240 e. The second-order valence-electron chi connectivity index (χ2n) is 6.53. The number of aliphatic hydroxyl groups is 1. The second kappa shape index (κ2) is 11.6. The van der Waals surface area contributed by atoms with Crippen LogP contribution in [-0.4, -0.2) is 59.5 Å². The van der Waals surface area contributed by atoms with Crippen LogP contribution in [0.5, 0.6) is 5.75 Å². The van der Waals surface area contributed by atoms with Crippen LogP contribution in [0.15, 0.2) is 24.3 Å². The van der Waals surface area contributed by atoms with Crippen molar-refractivity contribution in [3.8, 4) is 5.75 Å².